The molecule has 9 heteroatoms. The van der Waals surface area contributed by atoms with Crippen LogP contribution < -0.4 is 5.73 Å². The molecule has 0 bridgehead atoms. The van der Waals surface area contributed by atoms with Crippen molar-refractivity contribution in [3.63, 3.8) is 0 Å². The van der Waals surface area contributed by atoms with Gasteiger partial charge in [0, 0.05) is 31.7 Å². The Morgan fingerprint density at radius 2 is 1.89 bits per heavy atom. The third-order valence-electron chi connectivity index (χ3n) is 4.75. The van der Waals surface area contributed by atoms with Crippen LogP contribution in [-0.2, 0) is 20.1 Å². The molecule has 1 amide bonds. The molecule has 0 atom stereocenters. The van der Waals surface area contributed by atoms with Crippen molar-refractivity contribution in [2.24, 2.45) is 12.8 Å². The van der Waals surface area contributed by atoms with Gasteiger partial charge in [0.15, 0.2) is 5.82 Å². The lowest BCUT2D eigenvalue weighted by Crippen LogP contribution is -2.14. The molecule has 2 N–H and O–H groups in total. The maximum atomic E-state index is 11.8. The molecule has 4 heterocycles. The van der Waals surface area contributed by atoms with Crippen LogP contribution in [-0.4, -0.2) is 40.0 Å². The first-order chi connectivity index (χ1) is 13.4. The van der Waals surface area contributed by atoms with Crippen LogP contribution in [0.5, 0.6) is 0 Å². The molecule has 0 spiro atoms. The molecule has 0 radical (unpaired) electrons. The highest BCUT2D eigenvalue weighted by molar-refractivity contribution is 5.99. The van der Waals surface area contributed by atoms with E-state index in [0.717, 1.165) is 34.5 Å². The molecule has 4 aromatic heterocycles. The Bertz CT molecular complexity index is 1200. The Morgan fingerprint density at radius 3 is 2.57 bits per heavy atom. The quantitative estimate of drug-likeness (QED) is 0.572. The molecular formula is C19H22N8O. The molecule has 0 aliphatic carbocycles. The summed E-state index contributed by atoms with van der Waals surface area (Å²) in [6.45, 7) is 7.41. The summed E-state index contributed by atoms with van der Waals surface area (Å²) in [5, 5.41) is 9.72. The van der Waals surface area contributed by atoms with Crippen molar-refractivity contribution in [2.75, 3.05) is 0 Å². The van der Waals surface area contributed by atoms with Gasteiger partial charge < -0.3 is 10.3 Å². The van der Waals surface area contributed by atoms with E-state index in [1.807, 2.05) is 54.0 Å². The van der Waals surface area contributed by atoms with Crippen molar-refractivity contribution in [3.05, 3.63) is 35.9 Å². The topological polar surface area (TPSA) is 109 Å². The number of pyridine rings is 1. The predicted molar refractivity (Wildman–Crippen MR) is 106 cm³/mol. The highest BCUT2D eigenvalue weighted by Crippen LogP contribution is 2.29. The van der Waals surface area contributed by atoms with E-state index >= 15 is 0 Å². The Balaban J connectivity index is 1.94. The fourth-order valence-electron chi connectivity index (χ4n) is 3.42. The van der Waals surface area contributed by atoms with Gasteiger partial charge in [0.25, 0.3) is 5.91 Å². The molecule has 0 saturated heterocycles. The summed E-state index contributed by atoms with van der Waals surface area (Å²) < 4.78 is 5.62. The number of aryl methyl sites for hydroxylation is 4. The molecule has 0 unspecified atom stereocenters. The van der Waals surface area contributed by atoms with E-state index < -0.39 is 5.91 Å². The fraction of sp³-hybridized carbons (Fsp3) is 0.316. The highest BCUT2D eigenvalue weighted by Gasteiger charge is 2.20. The molecular weight excluding hydrogens is 356 g/mol. The summed E-state index contributed by atoms with van der Waals surface area (Å²) in [6.07, 6.45) is 3.69. The molecule has 0 aliphatic rings. The van der Waals surface area contributed by atoms with Crippen LogP contribution in [0, 0.1) is 6.92 Å². The van der Waals surface area contributed by atoms with E-state index in [2.05, 4.69) is 15.2 Å². The van der Waals surface area contributed by atoms with Gasteiger partial charge in [-0.15, -0.1) is 0 Å². The van der Waals surface area contributed by atoms with Crippen LogP contribution >= 0.6 is 0 Å². The smallest absolute Gasteiger partial charge is 0.267 e. The first-order valence-corrected chi connectivity index (χ1v) is 9.17. The summed E-state index contributed by atoms with van der Waals surface area (Å²) in [4.78, 5) is 21.1. The lowest BCUT2D eigenvalue weighted by atomic mass is 10.2. The average Bonchev–Trinajstić information content (AvgIpc) is 3.36. The lowest BCUT2D eigenvalue weighted by molar-refractivity contribution is 0.0996. The monoisotopic (exact) mass is 378 g/mol. The van der Waals surface area contributed by atoms with E-state index in [4.69, 9.17) is 10.7 Å². The van der Waals surface area contributed by atoms with E-state index in [9.17, 15) is 4.79 Å². The van der Waals surface area contributed by atoms with E-state index in [0.29, 0.717) is 18.1 Å². The van der Waals surface area contributed by atoms with E-state index in [1.54, 1.807) is 12.3 Å². The molecule has 0 saturated carbocycles. The molecule has 0 aromatic carbocycles. The normalized spacial score (nSPS) is 11.4. The van der Waals surface area contributed by atoms with Gasteiger partial charge in [-0.2, -0.15) is 10.2 Å². The summed E-state index contributed by atoms with van der Waals surface area (Å²) in [7, 11) is 1.90. The van der Waals surface area contributed by atoms with E-state index in [-0.39, 0.29) is 5.69 Å². The first-order valence-electron chi connectivity index (χ1n) is 9.17. The van der Waals surface area contributed by atoms with Gasteiger partial charge in [0.2, 0.25) is 0 Å². The second-order valence-corrected chi connectivity index (χ2v) is 6.66. The summed E-state index contributed by atoms with van der Waals surface area (Å²) >= 11 is 0. The minimum atomic E-state index is -0.582. The number of carbonyl (C=O) groups is 1. The number of nitrogens with zero attached hydrogens (tertiary/aromatic N) is 7. The number of fused-ring (bicyclic) bond motifs is 1. The number of imidazole rings is 1. The highest BCUT2D eigenvalue weighted by atomic mass is 16.1. The van der Waals surface area contributed by atoms with Crippen LogP contribution in [0.4, 0.5) is 0 Å². The van der Waals surface area contributed by atoms with Gasteiger partial charge in [-0.25, -0.2) is 9.97 Å². The number of hydrogen-bond acceptors (Lipinski definition) is 5. The number of hydrogen-bond donors (Lipinski definition) is 1. The van der Waals surface area contributed by atoms with E-state index in [1.165, 1.54) is 0 Å². The fourth-order valence-corrected chi connectivity index (χ4v) is 3.42. The molecule has 144 valence electrons. The second kappa shape index (κ2) is 6.59. The van der Waals surface area contributed by atoms with Crippen molar-refractivity contribution in [2.45, 2.75) is 33.9 Å². The number of nitrogens with two attached hydrogens (primary N) is 1. The predicted octanol–water partition coefficient (Wildman–Crippen LogP) is 2.14. The standard InChI is InChI=1S/C19H22N8O/c1-5-26-15-8-13(18(20)28)22-17(12(15)9-21-26)19-23-14(10-25(19)4)16-7-11(3)24-27(16)6-2/h7-10H,5-6H2,1-4H3,(H2,20,28). The van der Waals surface area contributed by atoms with Gasteiger partial charge in [-0.05, 0) is 32.9 Å². The van der Waals surface area contributed by atoms with Crippen LogP contribution in [0.1, 0.15) is 30.0 Å². The zero-order valence-electron chi connectivity index (χ0n) is 16.3. The van der Waals surface area contributed by atoms with Gasteiger partial charge in [-0.1, -0.05) is 0 Å². The lowest BCUT2D eigenvalue weighted by Gasteiger charge is -2.06. The SMILES string of the molecule is CCn1nc(C)cc1-c1cn(C)c(-c2nc(C(N)=O)cc3c2cnn3CC)n1. The number of aromatic nitrogens is 7. The summed E-state index contributed by atoms with van der Waals surface area (Å²) in [6, 6.07) is 3.69. The van der Waals surface area contributed by atoms with Gasteiger partial charge in [0.1, 0.15) is 17.1 Å². The zero-order chi connectivity index (χ0) is 20.0. The largest absolute Gasteiger partial charge is 0.364 e. The molecule has 0 aliphatic heterocycles. The van der Waals surface area contributed by atoms with Gasteiger partial charge >= 0.3 is 0 Å². The Kier molecular flexibility index (Phi) is 4.21. The third-order valence-corrected chi connectivity index (χ3v) is 4.75. The maximum Gasteiger partial charge on any atom is 0.267 e. The molecule has 0 fully saturated rings. The minimum absolute atomic E-state index is 0.191. The van der Waals surface area contributed by atoms with Crippen molar-refractivity contribution < 1.29 is 4.79 Å². The molecule has 4 rings (SSSR count). The minimum Gasteiger partial charge on any atom is -0.364 e. The van der Waals surface area contributed by atoms with Gasteiger partial charge in [-0.3, -0.25) is 14.2 Å². The van der Waals surface area contributed by atoms with Crippen LogP contribution in [0.2, 0.25) is 0 Å². The zero-order valence-corrected chi connectivity index (χ0v) is 16.3. The first kappa shape index (κ1) is 17.9. The van der Waals surface area contributed by atoms with Crippen molar-refractivity contribution in [3.8, 4) is 22.9 Å². The van der Waals surface area contributed by atoms with Crippen LogP contribution in [0.15, 0.2) is 24.5 Å². The summed E-state index contributed by atoms with van der Waals surface area (Å²) in [5.74, 6) is 0.0568. The Morgan fingerprint density at radius 1 is 1.14 bits per heavy atom. The van der Waals surface area contributed by atoms with Crippen LogP contribution in [0.25, 0.3) is 33.8 Å². The third kappa shape index (κ3) is 2.75. The van der Waals surface area contributed by atoms with Crippen molar-refractivity contribution in [1.82, 2.24) is 34.1 Å². The van der Waals surface area contributed by atoms with Crippen LogP contribution in [0.3, 0.4) is 0 Å². The van der Waals surface area contributed by atoms with Crippen molar-refractivity contribution in [1.29, 1.82) is 0 Å². The molecule has 28 heavy (non-hydrogen) atoms. The molecule has 4 aromatic rings. The maximum absolute atomic E-state index is 11.8. The molecule has 9 nitrogen and oxygen atoms in total. The second-order valence-electron chi connectivity index (χ2n) is 6.66. The summed E-state index contributed by atoms with van der Waals surface area (Å²) in [5.41, 5.74) is 9.76. The number of carbonyl (C=O) groups excluding carboxylic acids is 1. The number of rotatable bonds is 5. The number of amides is 1. The van der Waals surface area contributed by atoms with Crippen molar-refractivity contribution >= 4 is 16.8 Å². The Hall–Kier alpha value is -3.49. The van der Waals surface area contributed by atoms with Gasteiger partial charge in [0.05, 0.1) is 23.1 Å². The number of primary amides is 1. The Labute approximate surface area is 161 Å². The average molecular weight is 378 g/mol.